The first-order chi connectivity index (χ1) is 9.46. The van der Waals surface area contributed by atoms with Crippen molar-refractivity contribution in [2.45, 2.75) is 19.2 Å². The number of pyridine rings is 1. The summed E-state index contributed by atoms with van der Waals surface area (Å²) >= 11 is 0. The number of hydrogen-bond donors (Lipinski definition) is 2. The van der Waals surface area contributed by atoms with Gasteiger partial charge in [-0.15, -0.1) is 0 Å². The molecular weight excluding hydrogens is 274 g/mol. The molecule has 0 saturated heterocycles. The lowest BCUT2D eigenvalue weighted by Crippen LogP contribution is -2.25. The van der Waals surface area contributed by atoms with Gasteiger partial charge in [-0.05, 0) is 41.8 Å². The molecule has 6 heteroatoms. The quantitative estimate of drug-likeness (QED) is 0.819. The van der Waals surface area contributed by atoms with Crippen molar-refractivity contribution in [1.82, 2.24) is 9.71 Å². The van der Waals surface area contributed by atoms with E-state index in [1.54, 1.807) is 36.7 Å². The van der Waals surface area contributed by atoms with Gasteiger partial charge in [-0.3, -0.25) is 4.98 Å². The molecule has 0 amide bonds. The van der Waals surface area contributed by atoms with Crippen LogP contribution in [0.4, 0.5) is 5.69 Å². The molecule has 0 unspecified atom stereocenters. The fraction of sp³-hybridized carbons (Fsp3) is 0.214. The van der Waals surface area contributed by atoms with Gasteiger partial charge in [0.05, 0.1) is 5.75 Å². The highest BCUT2D eigenvalue weighted by molar-refractivity contribution is 7.88. The zero-order valence-corrected chi connectivity index (χ0v) is 12.0. The first-order valence-electron chi connectivity index (χ1n) is 6.17. The van der Waals surface area contributed by atoms with Gasteiger partial charge in [-0.2, -0.15) is 0 Å². The van der Waals surface area contributed by atoms with E-state index < -0.39 is 10.0 Å². The molecule has 2 rings (SSSR count). The van der Waals surface area contributed by atoms with Crippen molar-refractivity contribution in [3.05, 3.63) is 59.4 Å². The van der Waals surface area contributed by atoms with Gasteiger partial charge in [0.15, 0.2) is 0 Å². The van der Waals surface area contributed by atoms with Gasteiger partial charge in [0.25, 0.3) is 0 Å². The van der Waals surface area contributed by atoms with Crippen LogP contribution >= 0.6 is 0 Å². The molecule has 1 aromatic heterocycles. The third-order valence-electron chi connectivity index (χ3n) is 2.97. The summed E-state index contributed by atoms with van der Waals surface area (Å²) in [6.45, 7) is 2.17. The Morgan fingerprint density at radius 3 is 2.55 bits per heavy atom. The number of aromatic nitrogens is 1. The van der Waals surface area contributed by atoms with Gasteiger partial charge >= 0.3 is 0 Å². The molecule has 0 aliphatic carbocycles. The Morgan fingerprint density at radius 2 is 1.90 bits per heavy atom. The summed E-state index contributed by atoms with van der Waals surface area (Å²) in [4.78, 5) is 3.99. The molecule has 2 aromatic rings. The van der Waals surface area contributed by atoms with E-state index in [9.17, 15) is 8.42 Å². The molecule has 106 valence electrons. The van der Waals surface area contributed by atoms with E-state index in [1.165, 1.54) is 0 Å². The summed E-state index contributed by atoms with van der Waals surface area (Å²) in [7, 11) is -3.38. The lowest BCUT2D eigenvalue weighted by molar-refractivity contribution is 0.580. The number of benzene rings is 1. The molecule has 0 saturated carbocycles. The maximum absolute atomic E-state index is 12.0. The predicted molar refractivity (Wildman–Crippen MR) is 79.3 cm³/mol. The van der Waals surface area contributed by atoms with Crippen LogP contribution < -0.4 is 10.5 Å². The van der Waals surface area contributed by atoms with E-state index in [1.807, 2.05) is 13.0 Å². The Bertz CT molecular complexity index is 682. The molecule has 20 heavy (non-hydrogen) atoms. The molecule has 3 N–H and O–H groups in total. The van der Waals surface area contributed by atoms with E-state index in [4.69, 9.17) is 5.73 Å². The highest BCUT2D eigenvalue weighted by atomic mass is 32.2. The van der Waals surface area contributed by atoms with Crippen LogP contribution in [-0.4, -0.2) is 13.4 Å². The maximum atomic E-state index is 12.0. The molecule has 5 nitrogen and oxygen atoms in total. The standard InChI is InChI=1S/C14H17N3O2S/c1-11-6-7-16-8-13(11)9-17-20(18,19)10-12-2-4-14(15)5-3-12/h2-8,17H,9-10,15H2,1H3. The molecule has 0 spiro atoms. The smallest absolute Gasteiger partial charge is 0.216 e. The fourth-order valence-corrected chi connectivity index (χ4v) is 2.86. The summed E-state index contributed by atoms with van der Waals surface area (Å²) in [5, 5.41) is 0. The topological polar surface area (TPSA) is 85.1 Å². The summed E-state index contributed by atoms with van der Waals surface area (Å²) in [5.74, 6) is -0.0629. The minimum atomic E-state index is -3.38. The number of rotatable bonds is 5. The second-order valence-corrected chi connectivity index (χ2v) is 6.43. The first-order valence-corrected chi connectivity index (χ1v) is 7.83. The van der Waals surface area contributed by atoms with Crippen molar-refractivity contribution in [2.24, 2.45) is 0 Å². The fourth-order valence-electron chi connectivity index (χ4n) is 1.75. The number of nitrogen functional groups attached to an aromatic ring is 1. The van der Waals surface area contributed by atoms with Gasteiger partial charge in [0.2, 0.25) is 10.0 Å². The van der Waals surface area contributed by atoms with Gasteiger partial charge in [-0.1, -0.05) is 12.1 Å². The Morgan fingerprint density at radius 1 is 1.20 bits per heavy atom. The average molecular weight is 291 g/mol. The number of anilines is 1. The van der Waals surface area contributed by atoms with Crippen molar-refractivity contribution in [1.29, 1.82) is 0 Å². The zero-order valence-electron chi connectivity index (χ0n) is 11.2. The van der Waals surface area contributed by atoms with Crippen LogP contribution in [0.3, 0.4) is 0 Å². The molecular formula is C14H17N3O2S. The van der Waals surface area contributed by atoms with Crippen LogP contribution in [0, 0.1) is 6.92 Å². The summed E-state index contributed by atoms with van der Waals surface area (Å²) < 4.78 is 26.6. The Balaban J connectivity index is 2.01. The van der Waals surface area contributed by atoms with Crippen LogP contribution in [0.2, 0.25) is 0 Å². The third-order valence-corrected chi connectivity index (χ3v) is 4.26. The second-order valence-electron chi connectivity index (χ2n) is 4.62. The Hall–Kier alpha value is -1.92. The van der Waals surface area contributed by atoms with Crippen molar-refractivity contribution in [3.8, 4) is 0 Å². The lowest BCUT2D eigenvalue weighted by atomic mass is 10.2. The molecule has 0 atom stereocenters. The van der Waals surface area contributed by atoms with Gasteiger partial charge in [-0.25, -0.2) is 13.1 Å². The second kappa shape index (κ2) is 6.02. The van der Waals surface area contributed by atoms with Gasteiger partial charge in [0, 0.05) is 24.6 Å². The molecule has 1 heterocycles. The number of nitrogens with two attached hydrogens (primary N) is 1. The summed E-state index contributed by atoms with van der Waals surface area (Å²) in [5.41, 5.74) is 8.77. The summed E-state index contributed by atoms with van der Waals surface area (Å²) in [6, 6.07) is 8.66. The highest BCUT2D eigenvalue weighted by Gasteiger charge is 2.11. The van der Waals surface area contributed by atoms with Crippen LogP contribution in [0.5, 0.6) is 0 Å². The van der Waals surface area contributed by atoms with Crippen molar-refractivity contribution in [2.75, 3.05) is 5.73 Å². The normalized spacial score (nSPS) is 11.4. The largest absolute Gasteiger partial charge is 0.399 e. The van der Waals surface area contributed by atoms with Crippen molar-refractivity contribution >= 4 is 15.7 Å². The van der Waals surface area contributed by atoms with E-state index in [2.05, 4.69) is 9.71 Å². The van der Waals surface area contributed by atoms with Crippen LogP contribution in [0.25, 0.3) is 0 Å². The van der Waals surface area contributed by atoms with E-state index >= 15 is 0 Å². The minimum Gasteiger partial charge on any atom is -0.399 e. The van der Waals surface area contributed by atoms with Crippen LogP contribution in [0.15, 0.2) is 42.7 Å². The molecule has 0 aliphatic heterocycles. The van der Waals surface area contributed by atoms with Gasteiger partial charge in [0.1, 0.15) is 0 Å². The minimum absolute atomic E-state index is 0.0629. The predicted octanol–water partition coefficient (Wildman–Crippen LogP) is 1.59. The van der Waals surface area contributed by atoms with Crippen LogP contribution in [-0.2, 0) is 22.3 Å². The monoisotopic (exact) mass is 291 g/mol. The number of nitrogens with one attached hydrogen (secondary N) is 1. The molecule has 0 bridgehead atoms. The van der Waals surface area contributed by atoms with Gasteiger partial charge < -0.3 is 5.73 Å². The Labute approximate surface area is 118 Å². The first kappa shape index (κ1) is 14.5. The Kier molecular flexibility index (Phi) is 4.36. The van der Waals surface area contributed by atoms with E-state index in [-0.39, 0.29) is 12.3 Å². The molecule has 0 fully saturated rings. The summed E-state index contributed by atoms with van der Waals surface area (Å²) in [6.07, 6.45) is 3.35. The lowest BCUT2D eigenvalue weighted by Gasteiger charge is -2.08. The van der Waals surface area contributed by atoms with E-state index in [0.717, 1.165) is 11.1 Å². The molecule has 1 aromatic carbocycles. The highest BCUT2D eigenvalue weighted by Crippen LogP contribution is 2.10. The molecule has 0 radical (unpaired) electrons. The van der Waals surface area contributed by atoms with E-state index in [0.29, 0.717) is 11.3 Å². The number of aryl methyl sites for hydroxylation is 1. The maximum Gasteiger partial charge on any atom is 0.216 e. The number of hydrogen-bond acceptors (Lipinski definition) is 4. The average Bonchev–Trinajstić information content (AvgIpc) is 2.40. The number of nitrogens with zero attached hydrogens (tertiary/aromatic N) is 1. The molecule has 0 aliphatic rings. The number of sulfonamides is 1. The third kappa shape index (κ3) is 4.04. The van der Waals surface area contributed by atoms with Crippen molar-refractivity contribution in [3.63, 3.8) is 0 Å². The SMILES string of the molecule is Cc1ccncc1CNS(=O)(=O)Cc1ccc(N)cc1. The van der Waals surface area contributed by atoms with Crippen molar-refractivity contribution < 1.29 is 8.42 Å². The van der Waals surface area contributed by atoms with Crippen LogP contribution in [0.1, 0.15) is 16.7 Å². The zero-order chi connectivity index (χ0) is 14.6.